The van der Waals surface area contributed by atoms with Gasteiger partial charge in [0.1, 0.15) is 0 Å². The lowest BCUT2D eigenvalue weighted by molar-refractivity contribution is -0.146. The zero-order valence-electron chi connectivity index (χ0n) is 11.2. The Morgan fingerprint density at radius 3 is 2.35 bits per heavy atom. The van der Waals surface area contributed by atoms with Gasteiger partial charge < -0.3 is 15.1 Å². The summed E-state index contributed by atoms with van der Waals surface area (Å²) in [5.41, 5.74) is 0. The first-order chi connectivity index (χ1) is 9.74. The lowest BCUT2D eigenvalue weighted by Gasteiger charge is -2.34. The number of carbonyl (C=O) groups excluding carboxylic acids is 2. The van der Waals surface area contributed by atoms with Crippen molar-refractivity contribution in [3.63, 3.8) is 0 Å². The molecule has 0 aromatic carbocycles. The van der Waals surface area contributed by atoms with Crippen molar-refractivity contribution in [1.82, 2.24) is 20.2 Å². The van der Waals surface area contributed by atoms with Crippen LogP contribution in [0.1, 0.15) is 12.8 Å². The molecule has 1 N–H and O–H groups in total. The quantitative estimate of drug-likeness (QED) is 0.729. The Morgan fingerprint density at radius 2 is 1.75 bits per heavy atom. The molecular weight excluding hydrogens is 258 g/mol. The van der Waals surface area contributed by atoms with Crippen LogP contribution in [-0.2, 0) is 9.59 Å². The molecule has 1 aromatic heterocycles. The number of nitrogens with one attached hydrogen (secondary N) is 1. The summed E-state index contributed by atoms with van der Waals surface area (Å²) >= 11 is 0. The molecule has 0 unspecified atom stereocenters. The average molecular weight is 275 g/mol. The molecule has 1 aromatic rings. The zero-order chi connectivity index (χ0) is 13.9. The zero-order valence-corrected chi connectivity index (χ0v) is 11.2. The standard InChI is InChI=1S/C13H17N5O2/c19-11(16-10-2-3-10)12(20)17-6-8-18(9-7-17)13-14-4-1-5-15-13/h1,4-5,10H,2-3,6-9H2,(H,16,19). The maximum atomic E-state index is 12.0. The minimum Gasteiger partial charge on any atom is -0.345 e. The summed E-state index contributed by atoms with van der Waals surface area (Å²) < 4.78 is 0. The lowest BCUT2D eigenvalue weighted by Crippen LogP contribution is -2.53. The molecule has 1 saturated carbocycles. The molecule has 0 spiro atoms. The highest BCUT2D eigenvalue weighted by molar-refractivity contribution is 6.35. The van der Waals surface area contributed by atoms with Crippen molar-refractivity contribution in [2.24, 2.45) is 0 Å². The highest BCUT2D eigenvalue weighted by Crippen LogP contribution is 2.18. The number of nitrogens with zero attached hydrogens (tertiary/aromatic N) is 4. The van der Waals surface area contributed by atoms with Gasteiger partial charge in [-0.3, -0.25) is 9.59 Å². The van der Waals surface area contributed by atoms with E-state index in [1.807, 2.05) is 4.90 Å². The Balaban J connectivity index is 1.52. The molecule has 7 heteroatoms. The molecule has 1 aliphatic carbocycles. The van der Waals surface area contributed by atoms with Gasteiger partial charge in [0.25, 0.3) is 0 Å². The highest BCUT2D eigenvalue weighted by atomic mass is 16.2. The van der Waals surface area contributed by atoms with E-state index in [0.29, 0.717) is 32.1 Å². The van der Waals surface area contributed by atoms with E-state index < -0.39 is 11.8 Å². The summed E-state index contributed by atoms with van der Waals surface area (Å²) in [6, 6.07) is 1.98. The molecular formula is C13H17N5O2. The molecule has 1 aliphatic heterocycles. The van der Waals surface area contributed by atoms with Crippen LogP contribution in [0.5, 0.6) is 0 Å². The van der Waals surface area contributed by atoms with E-state index in [4.69, 9.17) is 0 Å². The number of carbonyl (C=O) groups is 2. The minimum atomic E-state index is -0.475. The van der Waals surface area contributed by atoms with Crippen LogP contribution in [0.4, 0.5) is 5.95 Å². The summed E-state index contributed by atoms with van der Waals surface area (Å²) in [5, 5.41) is 2.73. The molecule has 2 heterocycles. The molecule has 0 radical (unpaired) electrons. The van der Waals surface area contributed by atoms with E-state index in [1.54, 1.807) is 23.4 Å². The molecule has 1 saturated heterocycles. The fourth-order valence-electron chi connectivity index (χ4n) is 2.18. The smallest absolute Gasteiger partial charge is 0.312 e. The Labute approximate surface area is 117 Å². The van der Waals surface area contributed by atoms with Gasteiger partial charge in [0.2, 0.25) is 5.95 Å². The van der Waals surface area contributed by atoms with Gasteiger partial charge in [0.05, 0.1) is 0 Å². The molecule has 106 valence electrons. The van der Waals surface area contributed by atoms with E-state index >= 15 is 0 Å². The molecule has 3 rings (SSSR count). The van der Waals surface area contributed by atoms with Crippen molar-refractivity contribution in [2.75, 3.05) is 31.1 Å². The summed E-state index contributed by atoms with van der Waals surface area (Å²) in [7, 11) is 0. The third kappa shape index (κ3) is 2.87. The molecule has 20 heavy (non-hydrogen) atoms. The number of piperazine rings is 1. The van der Waals surface area contributed by atoms with Gasteiger partial charge in [0.15, 0.2) is 0 Å². The number of rotatable bonds is 2. The predicted molar refractivity (Wildman–Crippen MR) is 72.0 cm³/mol. The first kappa shape index (κ1) is 12.8. The Kier molecular flexibility index (Phi) is 3.49. The van der Waals surface area contributed by atoms with Gasteiger partial charge in [-0.25, -0.2) is 9.97 Å². The number of hydrogen-bond acceptors (Lipinski definition) is 5. The van der Waals surface area contributed by atoms with Crippen molar-refractivity contribution >= 4 is 17.8 Å². The second-order valence-electron chi connectivity index (χ2n) is 5.08. The van der Waals surface area contributed by atoms with Gasteiger partial charge >= 0.3 is 11.8 Å². The van der Waals surface area contributed by atoms with E-state index in [-0.39, 0.29) is 6.04 Å². The Bertz CT molecular complexity index is 495. The molecule has 7 nitrogen and oxygen atoms in total. The van der Waals surface area contributed by atoms with Crippen LogP contribution < -0.4 is 10.2 Å². The normalized spacial score (nSPS) is 18.8. The van der Waals surface area contributed by atoms with Gasteiger partial charge in [-0.2, -0.15) is 0 Å². The van der Waals surface area contributed by atoms with Gasteiger partial charge in [-0.05, 0) is 18.9 Å². The second-order valence-corrected chi connectivity index (χ2v) is 5.08. The Morgan fingerprint density at radius 1 is 1.10 bits per heavy atom. The molecule has 2 fully saturated rings. The summed E-state index contributed by atoms with van der Waals surface area (Å²) in [6.45, 7) is 2.34. The maximum Gasteiger partial charge on any atom is 0.312 e. The van der Waals surface area contributed by atoms with Crippen LogP contribution in [0.2, 0.25) is 0 Å². The van der Waals surface area contributed by atoms with Crippen LogP contribution >= 0.6 is 0 Å². The molecule has 0 atom stereocenters. The largest absolute Gasteiger partial charge is 0.345 e. The van der Waals surface area contributed by atoms with E-state index in [2.05, 4.69) is 15.3 Å². The van der Waals surface area contributed by atoms with E-state index in [9.17, 15) is 9.59 Å². The summed E-state index contributed by atoms with van der Waals surface area (Å²) in [5.74, 6) is -0.232. The van der Waals surface area contributed by atoms with Gasteiger partial charge in [0, 0.05) is 44.6 Å². The van der Waals surface area contributed by atoms with Crippen molar-refractivity contribution in [3.05, 3.63) is 18.5 Å². The van der Waals surface area contributed by atoms with Crippen LogP contribution in [0.3, 0.4) is 0 Å². The second kappa shape index (κ2) is 5.44. The summed E-state index contributed by atoms with van der Waals surface area (Å²) in [4.78, 5) is 35.7. The monoisotopic (exact) mass is 275 g/mol. The fraction of sp³-hybridized carbons (Fsp3) is 0.538. The number of hydrogen-bond donors (Lipinski definition) is 1. The number of anilines is 1. The van der Waals surface area contributed by atoms with E-state index in [1.165, 1.54) is 0 Å². The maximum absolute atomic E-state index is 12.0. The summed E-state index contributed by atoms with van der Waals surface area (Å²) in [6.07, 6.45) is 5.36. The van der Waals surface area contributed by atoms with Crippen LogP contribution in [0, 0.1) is 0 Å². The first-order valence-electron chi connectivity index (χ1n) is 6.86. The minimum absolute atomic E-state index is 0.213. The van der Waals surface area contributed by atoms with Crippen molar-refractivity contribution in [1.29, 1.82) is 0 Å². The van der Waals surface area contributed by atoms with Crippen LogP contribution in [0.25, 0.3) is 0 Å². The third-order valence-electron chi connectivity index (χ3n) is 3.51. The van der Waals surface area contributed by atoms with E-state index in [0.717, 1.165) is 12.8 Å². The van der Waals surface area contributed by atoms with Crippen molar-refractivity contribution in [2.45, 2.75) is 18.9 Å². The lowest BCUT2D eigenvalue weighted by atomic mass is 10.3. The molecule has 2 amide bonds. The van der Waals surface area contributed by atoms with Crippen LogP contribution in [-0.4, -0.2) is 58.9 Å². The van der Waals surface area contributed by atoms with Crippen molar-refractivity contribution < 1.29 is 9.59 Å². The van der Waals surface area contributed by atoms with Crippen molar-refractivity contribution in [3.8, 4) is 0 Å². The van der Waals surface area contributed by atoms with Gasteiger partial charge in [-0.15, -0.1) is 0 Å². The molecule has 2 aliphatic rings. The topological polar surface area (TPSA) is 78.4 Å². The number of aromatic nitrogens is 2. The SMILES string of the molecule is O=C(NC1CC1)C(=O)N1CCN(c2ncccn2)CC1. The first-order valence-corrected chi connectivity index (χ1v) is 6.86. The van der Waals surface area contributed by atoms with Gasteiger partial charge in [-0.1, -0.05) is 0 Å². The highest BCUT2D eigenvalue weighted by Gasteiger charge is 2.30. The number of amides is 2. The molecule has 0 bridgehead atoms. The third-order valence-corrected chi connectivity index (χ3v) is 3.51. The Hall–Kier alpha value is -2.18. The fourth-order valence-corrected chi connectivity index (χ4v) is 2.18. The van der Waals surface area contributed by atoms with Crippen LogP contribution in [0.15, 0.2) is 18.5 Å². The predicted octanol–water partition coefficient (Wildman–Crippen LogP) is -0.596. The average Bonchev–Trinajstić information content (AvgIpc) is 3.31.